The standard InChI is InChI=1S/C12H19NO2/c1-8-5-9(14)6-11(15-4)10(8)7-12(2,3)13/h5-6,14H,7,13H2,1-4H3. The zero-order chi connectivity index (χ0) is 11.6. The van der Waals surface area contributed by atoms with Gasteiger partial charge in [0.15, 0.2) is 0 Å². The second kappa shape index (κ2) is 4.11. The molecule has 1 aromatic carbocycles. The van der Waals surface area contributed by atoms with Crippen molar-refractivity contribution in [3.63, 3.8) is 0 Å². The van der Waals surface area contributed by atoms with Gasteiger partial charge < -0.3 is 15.6 Å². The second-order valence-electron chi connectivity index (χ2n) is 4.61. The average molecular weight is 209 g/mol. The fourth-order valence-corrected chi connectivity index (χ4v) is 1.63. The molecule has 84 valence electrons. The fraction of sp³-hybridized carbons (Fsp3) is 0.500. The number of ether oxygens (including phenoxy) is 1. The Kier molecular flexibility index (Phi) is 3.25. The first-order valence-corrected chi connectivity index (χ1v) is 4.99. The van der Waals surface area contributed by atoms with Crippen molar-refractivity contribution in [1.29, 1.82) is 0 Å². The van der Waals surface area contributed by atoms with Crippen molar-refractivity contribution in [2.24, 2.45) is 5.73 Å². The summed E-state index contributed by atoms with van der Waals surface area (Å²) in [6.45, 7) is 5.89. The Labute approximate surface area is 90.9 Å². The third-order valence-electron chi connectivity index (χ3n) is 2.27. The number of nitrogens with two attached hydrogens (primary N) is 1. The van der Waals surface area contributed by atoms with E-state index in [1.165, 1.54) is 0 Å². The van der Waals surface area contributed by atoms with Gasteiger partial charge in [0.2, 0.25) is 0 Å². The summed E-state index contributed by atoms with van der Waals surface area (Å²) < 4.78 is 5.24. The van der Waals surface area contributed by atoms with Crippen molar-refractivity contribution in [1.82, 2.24) is 0 Å². The number of methoxy groups -OCH3 is 1. The van der Waals surface area contributed by atoms with Crippen LogP contribution in [0.1, 0.15) is 25.0 Å². The van der Waals surface area contributed by atoms with E-state index < -0.39 is 0 Å². The molecule has 0 heterocycles. The largest absolute Gasteiger partial charge is 0.508 e. The topological polar surface area (TPSA) is 55.5 Å². The highest BCUT2D eigenvalue weighted by Gasteiger charge is 2.17. The highest BCUT2D eigenvalue weighted by molar-refractivity contribution is 5.46. The SMILES string of the molecule is COc1cc(O)cc(C)c1CC(C)(C)N. The van der Waals surface area contributed by atoms with Gasteiger partial charge in [-0.05, 0) is 44.4 Å². The van der Waals surface area contributed by atoms with Crippen LogP contribution in [0.25, 0.3) is 0 Å². The normalized spacial score (nSPS) is 11.5. The summed E-state index contributed by atoms with van der Waals surface area (Å²) in [5, 5.41) is 9.44. The number of aromatic hydroxyl groups is 1. The van der Waals surface area contributed by atoms with Crippen LogP contribution in [0.2, 0.25) is 0 Å². The number of phenols is 1. The van der Waals surface area contributed by atoms with Crippen LogP contribution in [-0.2, 0) is 6.42 Å². The molecule has 15 heavy (non-hydrogen) atoms. The molecule has 1 aromatic rings. The molecule has 3 N–H and O–H groups in total. The van der Waals surface area contributed by atoms with E-state index in [-0.39, 0.29) is 11.3 Å². The molecule has 0 aliphatic heterocycles. The molecule has 0 bridgehead atoms. The monoisotopic (exact) mass is 209 g/mol. The minimum absolute atomic E-state index is 0.225. The van der Waals surface area contributed by atoms with E-state index in [4.69, 9.17) is 10.5 Å². The first-order chi connectivity index (χ1) is 6.83. The van der Waals surface area contributed by atoms with Gasteiger partial charge in [-0.1, -0.05) is 0 Å². The van der Waals surface area contributed by atoms with Gasteiger partial charge in [-0.15, -0.1) is 0 Å². The Morgan fingerprint density at radius 2 is 2.00 bits per heavy atom. The first kappa shape index (κ1) is 11.9. The third kappa shape index (κ3) is 3.13. The summed E-state index contributed by atoms with van der Waals surface area (Å²) in [6, 6.07) is 3.34. The van der Waals surface area contributed by atoms with Crippen molar-refractivity contribution in [2.45, 2.75) is 32.7 Å². The van der Waals surface area contributed by atoms with E-state index in [9.17, 15) is 5.11 Å². The number of phenolic OH excluding ortho intramolecular Hbond substituents is 1. The predicted molar refractivity (Wildman–Crippen MR) is 61.4 cm³/mol. The number of benzene rings is 1. The van der Waals surface area contributed by atoms with Crippen LogP contribution >= 0.6 is 0 Å². The van der Waals surface area contributed by atoms with Crippen molar-refractivity contribution < 1.29 is 9.84 Å². The van der Waals surface area contributed by atoms with Gasteiger partial charge in [0, 0.05) is 11.6 Å². The maximum absolute atomic E-state index is 9.44. The zero-order valence-electron chi connectivity index (χ0n) is 9.79. The van der Waals surface area contributed by atoms with Gasteiger partial charge >= 0.3 is 0 Å². The van der Waals surface area contributed by atoms with Gasteiger partial charge in [0.25, 0.3) is 0 Å². The molecule has 0 radical (unpaired) electrons. The third-order valence-corrected chi connectivity index (χ3v) is 2.27. The van der Waals surface area contributed by atoms with E-state index in [1.54, 1.807) is 19.2 Å². The van der Waals surface area contributed by atoms with Crippen LogP contribution in [0, 0.1) is 6.92 Å². The maximum Gasteiger partial charge on any atom is 0.126 e. The zero-order valence-corrected chi connectivity index (χ0v) is 9.79. The number of hydrogen-bond acceptors (Lipinski definition) is 3. The Balaban J connectivity index is 3.15. The van der Waals surface area contributed by atoms with E-state index in [1.807, 2.05) is 20.8 Å². The summed E-state index contributed by atoms with van der Waals surface area (Å²) >= 11 is 0. The van der Waals surface area contributed by atoms with E-state index >= 15 is 0 Å². The predicted octanol–water partition coefficient (Wildman–Crippen LogP) is 1.99. The molecule has 0 spiro atoms. The fourth-order valence-electron chi connectivity index (χ4n) is 1.63. The molecule has 0 atom stereocenters. The molecule has 0 fully saturated rings. The Bertz CT molecular complexity index is 353. The Morgan fingerprint density at radius 3 is 2.47 bits per heavy atom. The number of rotatable bonds is 3. The van der Waals surface area contributed by atoms with Crippen LogP contribution in [0.5, 0.6) is 11.5 Å². The van der Waals surface area contributed by atoms with E-state index in [0.29, 0.717) is 5.75 Å². The molecule has 0 saturated carbocycles. The van der Waals surface area contributed by atoms with Crippen LogP contribution < -0.4 is 10.5 Å². The Hall–Kier alpha value is -1.22. The average Bonchev–Trinajstić information content (AvgIpc) is 2.07. The minimum Gasteiger partial charge on any atom is -0.508 e. The van der Waals surface area contributed by atoms with Gasteiger partial charge in [0.1, 0.15) is 11.5 Å². The van der Waals surface area contributed by atoms with Gasteiger partial charge in [-0.25, -0.2) is 0 Å². The summed E-state index contributed by atoms with van der Waals surface area (Å²) in [5.41, 5.74) is 7.76. The van der Waals surface area contributed by atoms with Crippen molar-refractivity contribution in [3.05, 3.63) is 23.3 Å². The molecule has 0 unspecified atom stereocenters. The van der Waals surface area contributed by atoms with Gasteiger partial charge in [-0.2, -0.15) is 0 Å². The summed E-state index contributed by atoms with van der Waals surface area (Å²) in [4.78, 5) is 0. The number of hydrogen-bond donors (Lipinski definition) is 2. The maximum atomic E-state index is 9.44. The smallest absolute Gasteiger partial charge is 0.126 e. The lowest BCUT2D eigenvalue weighted by atomic mass is 9.92. The molecular weight excluding hydrogens is 190 g/mol. The lowest BCUT2D eigenvalue weighted by molar-refractivity contribution is 0.395. The molecule has 3 nitrogen and oxygen atoms in total. The quantitative estimate of drug-likeness (QED) is 0.800. The van der Waals surface area contributed by atoms with Crippen LogP contribution in [0.3, 0.4) is 0 Å². The highest BCUT2D eigenvalue weighted by atomic mass is 16.5. The first-order valence-electron chi connectivity index (χ1n) is 4.99. The molecule has 0 saturated heterocycles. The Morgan fingerprint density at radius 1 is 1.40 bits per heavy atom. The molecule has 0 aliphatic rings. The van der Waals surface area contributed by atoms with Gasteiger partial charge in [0.05, 0.1) is 7.11 Å². The molecule has 3 heteroatoms. The lowest BCUT2D eigenvalue weighted by Crippen LogP contribution is -2.34. The highest BCUT2D eigenvalue weighted by Crippen LogP contribution is 2.29. The van der Waals surface area contributed by atoms with Crippen LogP contribution in [0.4, 0.5) is 0 Å². The molecule has 0 amide bonds. The summed E-state index contributed by atoms with van der Waals surface area (Å²) in [6.07, 6.45) is 0.724. The molecule has 0 aliphatic carbocycles. The van der Waals surface area contributed by atoms with E-state index in [0.717, 1.165) is 17.5 Å². The molecular formula is C12H19NO2. The summed E-state index contributed by atoms with van der Waals surface area (Å²) in [5.74, 6) is 0.925. The lowest BCUT2D eigenvalue weighted by Gasteiger charge is -2.21. The van der Waals surface area contributed by atoms with Crippen molar-refractivity contribution in [2.75, 3.05) is 7.11 Å². The van der Waals surface area contributed by atoms with Crippen LogP contribution in [-0.4, -0.2) is 17.8 Å². The number of aryl methyl sites for hydroxylation is 1. The van der Waals surface area contributed by atoms with Crippen LogP contribution in [0.15, 0.2) is 12.1 Å². The molecule has 1 rings (SSSR count). The summed E-state index contributed by atoms with van der Waals surface area (Å²) in [7, 11) is 1.60. The minimum atomic E-state index is -0.283. The second-order valence-corrected chi connectivity index (χ2v) is 4.61. The van der Waals surface area contributed by atoms with Crippen molar-refractivity contribution >= 4 is 0 Å². The van der Waals surface area contributed by atoms with Crippen molar-refractivity contribution in [3.8, 4) is 11.5 Å². The van der Waals surface area contributed by atoms with Gasteiger partial charge in [-0.3, -0.25) is 0 Å². The van der Waals surface area contributed by atoms with E-state index in [2.05, 4.69) is 0 Å². The molecule has 0 aromatic heterocycles.